The highest BCUT2D eigenvalue weighted by Gasteiger charge is 2.16. The molecule has 0 bridgehead atoms. The molecule has 5 nitrogen and oxygen atoms in total. The molecule has 1 aromatic heterocycles. The van der Waals surface area contributed by atoms with Crippen molar-refractivity contribution >= 4 is 28.9 Å². The van der Waals surface area contributed by atoms with Gasteiger partial charge in [-0.3, -0.25) is 4.79 Å². The van der Waals surface area contributed by atoms with Crippen molar-refractivity contribution in [2.24, 2.45) is 5.73 Å². The number of aromatic nitrogens is 1. The lowest BCUT2D eigenvalue weighted by Crippen LogP contribution is -2.33. The standard InChI is InChI=1S/C11H14N4OS/c12-11(17)8-2-4-13-9(6-8)15-5-1-3-14-10(16)7-15/h2,4,6H,1,3,5,7H2,(H2,12,17)(H,14,16). The van der Waals surface area contributed by atoms with Crippen LogP contribution >= 0.6 is 12.2 Å². The molecule has 1 saturated heterocycles. The predicted octanol–water partition coefficient (Wildman–Crippen LogP) is 0.0421. The molecule has 0 aliphatic carbocycles. The number of amides is 1. The Morgan fingerprint density at radius 1 is 1.59 bits per heavy atom. The molecular weight excluding hydrogens is 236 g/mol. The van der Waals surface area contributed by atoms with Crippen molar-refractivity contribution in [3.63, 3.8) is 0 Å². The third-order valence-corrected chi connectivity index (χ3v) is 2.85. The topological polar surface area (TPSA) is 71.2 Å². The van der Waals surface area contributed by atoms with Crippen molar-refractivity contribution in [3.05, 3.63) is 23.9 Å². The number of carbonyl (C=O) groups excluding carboxylic acids is 1. The molecule has 0 radical (unpaired) electrons. The molecule has 0 saturated carbocycles. The number of hydrogen-bond donors (Lipinski definition) is 2. The fourth-order valence-corrected chi connectivity index (χ4v) is 1.87. The Balaban J connectivity index is 2.23. The molecule has 1 aliphatic heterocycles. The normalized spacial score (nSPS) is 16.2. The quantitative estimate of drug-likeness (QED) is 0.725. The van der Waals surface area contributed by atoms with Gasteiger partial charge in [0.05, 0.1) is 6.54 Å². The average Bonchev–Trinajstić information content (AvgIpc) is 2.54. The van der Waals surface area contributed by atoms with E-state index >= 15 is 0 Å². The van der Waals surface area contributed by atoms with Crippen LogP contribution < -0.4 is 16.0 Å². The highest BCUT2D eigenvalue weighted by Crippen LogP contribution is 2.13. The second-order valence-corrected chi connectivity index (χ2v) is 4.33. The lowest BCUT2D eigenvalue weighted by Gasteiger charge is -2.20. The van der Waals surface area contributed by atoms with Crippen molar-refractivity contribution < 1.29 is 4.79 Å². The van der Waals surface area contributed by atoms with E-state index in [4.69, 9.17) is 18.0 Å². The van der Waals surface area contributed by atoms with Crippen LogP contribution in [0.25, 0.3) is 0 Å². The molecule has 1 fully saturated rings. The molecule has 3 N–H and O–H groups in total. The SMILES string of the molecule is NC(=S)c1ccnc(N2CCCNC(=O)C2)c1. The number of pyridine rings is 1. The number of thiocarbonyl (C=S) groups is 1. The minimum Gasteiger partial charge on any atom is -0.389 e. The average molecular weight is 250 g/mol. The maximum atomic E-state index is 11.5. The molecule has 0 unspecified atom stereocenters. The fourth-order valence-electron chi connectivity index (χ4n) is 1.75. The molecule has 0 atom stereocenters. The van der Waals surface area contributed by atoms with E-state index in [0.717, 1.165) is 24.3 Å². The maximum Gasteiger partial charge on any atom is 0.239 e. The molecule has 2 rings (SSSR count). The van der Waals surface area contributed by atoms with E-state index in [-0.39, 0.29) is 5.91 Å². The van der Waals surface area contributed by atoms with Crippen LogP contribution in [0, 0.1) is 0 Å². The molecule has 1 aromatic rings. The van der Waals surface area contributed by atoms with Gasteiger partial charge in [-0.2, -0.15) is 0 Å². The maximum absolute atomic E-state index is 11.5. The Labute approximate surface area is 105 Å². The Kier molecular flexibility index (Phi) is 3.53. The van der Waals surface area contributed by atoms with Gasteiger partial charge in [0.1, 0.15) is 10.8 Å². The summed E-state index contributed by atoms with van der Waals surface area (Å²) in [5.74, 6) is 0.761. The summed E-state index contributed by atoms with van der Waals surface area (Å²) in [5.41, 5.74) is 6.35. The molecule has 0 spiro atoms. The van der Waals surface area contributed by atoms with Crippen molar-refractivity contribution in [1.29, 1.82) is 0 Å². The number of hydrogen-bond acceptors (Lipinski definition) is 4. The zero-order valence-electron chi connectivity index (χ0n) is 9.35. The van der Waals surface area contributed by atoms with Gasteiger partial charge in [0, 0.05) is 24.8 Å². The Morgan fingerprint density at radius 2 is 2.41 bits per heavy atom. The van der Waals surface area contributed by atoms with Crippen LogP contribution in [0.3, 0.4) is 0 Å². The fraction of sp³-hybridized carbons (Fsp3) is 0.364. The summed E-state index contributed by atoms with van der Waals surface area (Å²) in [4.78, 5) is 18.0. The van der Waals surface area contributed by atoms with Gasteiger partial charge in [0.25, 0.3) is 0 Å². The van der Waals surface area contributed by atoms with Gasteiger partial charge in [-0.05, 0) is 18.6 Å². The number of rotatable bonds is 2. The summed E-state index contributed by atoms with van der Waals surface area (Å²) in [6, 6.07) is 3.59. The van der Waals surface area contributed by atoms with E-state index in [9.17, 15) is 4.79 Å². The first kappa shape index (κ1) is 11.8. The summed E-state index contributed by atoms with van der Waals surface area (Å²) in [6.45, 7) is 1.84. The molecule has 2 heterocycles. The van der Waals surface area contributed by atoms with Crippen LogP contribution in [0.4, 0.5) is 5.82 Å². The molecule has 0 aromatic carbocycles. The van der Waals surface area contributed by atoms with Crippen LogP contribution in [0.5, 0.6) is 0 Å². The molecule has 90 valence electrons. The van der Waals surface area contributed by atoms with E-state index in [1.54, 1.807) is 12.3 Å². The van der Waals surface area contributed by atoms with Crippen LogP contribution in [0.1, 0.15) is 12.0 Å². The lowest BCUT2D eigenvalue weighted by atomic mass is 10.2. The molecule has 17 heavy (non-hydrogen) atoms. The van der Waals surface area contributed by atoms with Crippen molar-refractivity contribution in [3.8, 4) is 0 Å². The Hall–Kier alpha value is -1.69. The van der Waals surface area contributed by atoms with Gasteiger partial charge in [-0.15, -0.1) is 0 Å². The van der Waals surface area contributed by atoms with Crippen molar-refractivity contribution in [2.75, 3.05) is 24.5 Å². The minimum absolute atomic E-state index is 0.0185. The Bertz CT molecular complexity index is 449. The first-order valence-electron chi connectivity index (χ1n) is 5.44. The summed E-state index contributed by atoms with van der Waals surface area (Å²) < 4.78 is 0. The van der Waals surface area contributed by atoms with E-state index in [2.05, 4.69) is 10.3 Å². The van der Waals surface area contributed by atoms with Crippen molar-refractivity contribution in [2.45, 2.75) is 6.42 Å². The van der Waals surface area contributed by atoms with Crippen LogP contribution in [0.15, 0.2) is 18.3 Å². The number of carbonyl (C=O) groups is 1. The van der Waals surface area contributed by atoms with Gasteiger partial charge in [-0.25, -0.2) is 4.98 Å². The van der Waals surface area contributed by atoms with E-state index in [1.807, 2.05) is 11.0 Å². The number of anilines is 1. The number of nitrogens with one attached hydrogen (secondary N) is 1. The minimum atomic E-state index is 0.0185. The van der Waals surface area contributed by atoms with E-state index in [1.165, 1.54) is 0 Å². The summed E-state index contributed by atoms with van der Waals surface area (Å²) in [5, 5.41) is 2.82. The van der Waals surface area contributed by atoms with E-state index in [0.29, 0.717) is 18.1 Å². The van der Waals surface area contributed by atoms with Crippen molar-refractivity contribution in [1.82, 2.24) is 10.3 Å². The smallest absolute Gasteiger partial charge is 0.239 e. The Morgan fingerprint density at radius 3 is 3.18 bits per heavy atom. The predicted molar refractivity (Wildman–Crippen MR) is 70.0 cm³/mol. The molecule has 6 heteroatoms. The largest absolute Gasteiger partial charge is 0.389 e. The van der Waals surface area contributed by atoms with Gasteiger partial charge in [0.15, 0.2) is 0 Å². The van der Waals surface area contributed by atoms with E-state index < -0.39 is 0 Å². The summed E-state index contributed by atoms with van der Waals surface area (Å²) in [7, 11) is 0. The zero-order valence-corrected chi connectivity index (χ0v) is 10.2. The number of nitrogens with zero attached hydrogens (tertiary/aromatic N) is 2. The van der Waals surface area contributed by atoms with Gasteiger partial charge in [-0.1, -0.05) is 12.2 Å². The third-order valence-electron chi connectivity index (χ3n) is 2.62. The monoisotopic (exact) mass is 250 g/mol. The summed E-state index contributed by atoms with van der Waals surface area (Å²) in [6.07, 6.45) is 2.57. The number of nitrogens with two attached hydrogens (primary N) is 1. The van der Waals surface area contributed by atoms with Crippen LogP contribution in [0.2, 0.25) is 0 Å². The third kappa shape index (κ3) is 2.91. The second-order valence-electron chi connectivity index (χ2n) is 3.89. The van der Waals surface area contributed by atoms with Crippen LogP contribution in [-0.2, 0) is 4.79 Å². The highest BCUT2D eigenvalue weighted by atomic mass is 32.1. The highest BCUT2D eigenvalue weighted by molar-refractivity contribution is 7.80. The summed E-state index contributed by atoms with van der Waals surface area (Å²) >= 11 is 4.93. The van der Waals surface area contributed by atoms with Crippen LogP contribution in [-0.4, -0.2) is 35.5 Å². The molecule has 1 aliphatic rings. The molecule has 1 amide bonds. The first-order chi connectivity index (χ1) is 8.16. The lowest BCUT2D eigenvalue weighted by molar-refractivity contribution is -0.119. The zero-order chi connectivity index (χ0) is 12.3. The second kappa shape index (κ2) is 5.09. The van der Waals surface area contributed by atoms with Gasteiger partial charge in [0.2, 0.25) is 5.91 Å². The first-order valence-corrected chi connectivity index (χ1v) is 5.85. The molecular formula is C11H14N4OS. The van der Waals surface area contributed by atoms with Gasteiger partial charge < -0.3 is 16.0 Å². The van der Waals surface area contributed by atoms with Gasteiger partial charge >= 0.3 is 0 Å².